The number of carbonyl (C=O) groups is 2. The summed E-state index contributed by atoms with van der Waals surface area (Å²) in [4.78, 5) is 32.3. The highest BCUT2D eigenvalue weighted by molar-refractivity contribution is 7.14. The topological polar surface area (TPSA) is 71.5 Å². The summed E-state index contributed by atoms with van der Waals surface area (Å²) in [6.07, 6.45) is 3.75. The molecule has 1 atom stereocenters. The van der Waals surface area contributed by atoms with Crippen molar-refractivity contribution in [2.75, 3.05) is 19.7 Å². The van der Waals surface area contributed by atoms with E-state index in [-0.39, 0.29) is 17.9 Å². The summed E-state index contributed by atoms with van der Waals surface area (Å²) in [5.74, 6) is -0.286. The minimum absolute atomic E-state index is 0.0955. The molecule has 1 unspecified atom stereocenters. The van der Waals surface area contributed by atoms with Crippen molar-refractivity contribution in [1.82, 2.24) is 15.2 Å². The van der Waals surface area contributed by atoms with E-state index in [0.717, 1.165) is 30.0 Å². The summed E-state index contributed by atoms with van der Waals surface area (Å²) in [7, 11) is 0. The van der Waals surface area contributed by atoms with E-state index in [2.05, 4.69) is 15.2 Å². The number of rotatable bonds is 7. The summed E-state index contributed by atoms with van der Waals surface area (Å²) in [6, 6.07) is 9.66. The van der Waals surface area contributed by atoms with Crippen molar-refractivity contribution in [3.63, 3.8) is 0 Å². The van der Waals surface area contributed by atoms with Crippen LogP contribution in [0.25, 0.3) is 0 Å². The van der Waals surface area contributed by atoms with Crippen molar-refractivity contribution in [2.45, 2.75) is 32.4 Å². The molecular formula is C19H23N3O3S. The molecule has 3 heterocycles. The fourth-order valence-corrected chi connectivity index (χ4v) is 4.22. The smallest absolute Gasteiger partial charge is 0.320 e. The number of amides is 1. The first-order valence-electron chi connectivity index (χ1n) is 8.85. The third kappa shape index (κ3) is 4.68. The predicted molar refractivity (Wildman–Crippen MR) is 99.9 cm³/mol. The van der Waals surface area contributed by atoms with Crippen molar-refractivity contribution in [2.24, 2.45) is 0 Å². The zero-order valence-electron chi connectivity index (χ0n) is 14.8. The highest BCUT2D eigenvalue weighted by atomic mass is 32.1. The van der Waals surface area contributed by atoms with E-state index in [1.807, 2.05) is 37.3 Å². The minimum atomic E-state index is -0.190. The highest BCUT2D eigenvalue weighted by Gasteiger charge is 2.29. The van der Waals surface area contributed by atoms with E-state index in [4.69, 9.17) is 4.74 Å². The minimum Gasteiger partial charge on any atom is -0.465 e. The standard InChI is InChI=1S/C19H23N3O3S/c1-2-25-18(23)13-22-11-5-7-15(22)16-8-9-17(26-16)19(24)21-12-14-6-3-4-10-20-14/h3-4,6,8-10,15H,2,5,7,11-13H2,1H3,(H,21,24). The molecular weight excluding hydrogens is 350 g/mol. The summed E-state index contributed by atoms with van der Waals surface area (Å²) >= 11 is 1.49. The number of likely N-dealkylation sites (tertiary alicyclic amines) is 1. The summed E-state index contributed by atoms with van der Waals surface area (Å²) in [5.41, 5.74) is 0.828. The Balaban J connectivity index is 1.59. The van der Waals surface area contributed by atoms with Crippen molar-refractivity contribution in [1.29, 1.82) is 0 Å². The molecule has 1 fully saturated rings. The van der Waals surface area contributed by atoms with Gasteiger partial charge in [0.25, 0.3) is 5.91 Å². The number of esters is 1. The molecule has 26 heavy (non-hydrogen) atoms. The Morgan fingerprint density at radius 1 is 1.35 bits per heavy atom. The van der Waals surface area contributed by atoms with E-state index in [1.165, 1.54) is 11.3 Å². The van der Waals surface area contributed by atoms with Gasteiger partial charge in [0.2, 0.25) is 0 Å². The molecule has 0 spiro atoms. The van der Waals surface area contributed by atoms with Gasteiger partial charge in [-0.3, -0.25) is 19.5 Å². The van der Waals surface area contributed by atoms with Gasteiger partial charge in [0, 0.05) is 17.1 Å². The third-order valence-corrected chi connectivity index (χ3v) is 5.52. The Bertz CT molecular complexity index is 747. The first-order valence-corrected chi connectivity index (χ1v) is 9.66. The Labute approximate surface area is 157 Å². The van der Waals surface area contributed by atoms with E-state index >= 15 is 0 Å². The lowest BCUT2D eigenvalue weighted by atomic mass is 10.2. The Hall–Kier alpha value is -2.25. The second-order valence-electron chi connectivity index (χ2n) is 6.14. The van der Waals surface area contributed by atoms with Gasteiger partial charge in [-0.05, 0) is 50.6 Å². The van der Waals surface area contributed by atoms with Gasteiger partial charge >= 0.3 is 5.97 Å². The van der Waals surface area contributed by atoms with E-state index < -0.39 is 0 Å². The second-order valence-corrected chi connectivity index (χ2v) is 7.25. The number of nitrogens with zero attached hydrogens (tertiary/aromatic N) is 2. The maximum atomic E-state index is 12.4. The van der Waals surface area contributed by atoms with Crippen molar-refractivity contribution >= 4 is 23.2 Å². The summed E-state index contributed by atoms with van der Waals surface area (Å²) < 4.78 is 5.06. The largest absolute Gasteiger partial charge is 0.465 e. The number of nitrogens with one attached hydrogen (secondary N) is 1. The Morgan fingerprint density at radius 2 is 2.23 bits per heavy atom. The van der Waals surface area contributed by atoms with Gasteiger partial charge in [-0.2, -0.15) is 0 Å². The molecule has 1 saturated heterocycles. The molecule has 0 radical (unpaired) electrons. The van der Waals surface area contributed by atoms with Crippen LogP contribution in [0.1, 0.15) is 46.0 Å². The van der Waals surface area contributed by atoms with Crippen LogP contribution in [0.3, 0.4) is 0 Å². The van der Waals surface area contributed by atoms with Crippen LogP contribution in [0.15, 0.2) is 36.5 Å². The van der Waals surface area contributed by atoms with Gasteiger partial charge < -0.3 is 10.1 Å². The molecule has 6 nitrogen and oxygen atoms in total. The predicted octanol–water partition coefficient (Wildman–Crippen LogP) is 2.77. The maximum absolute atomic E-state index is 12.4. The molecule has 1 aliphatic heterocycles. The quantitative estimate of drug-likeness (QED) is 0.756. The molecule has 0 saturated carbocycles. The molecule has 2 aromatic rings. The summed E-state index contributed by atoms with van der Waals surface area (Å²) in [5, 5.41) is 2.90. The number of pyridine rings is 1. The number of thiophene rings is 1. The van der Waals surface area contributed by atoms with Crippen LogP contribution < -0.4 is 5.32 Å². The number of hydrogen-bond donors (Lipinski definition) is 1. The van der Waals surface area contributed by atoms with E-state index in [0.29, 0.717) is 24.6 Å². The highest BCUT2D eigenvalue weighted by Crippen LogP contribution is 2.35. The number of ether oxygens (including phenoxy) is 1. The third-order valence-electron chi connectivity index (χ3n) is 4.34. The van der Waals surface area contributed by atoms with Crippen LogP contribution in [-0.2, 0) is 16.1 Å². The molecule has 1 N–H and O–H groups in total. The van der Waals surface area contributed by atoms with Crippen LogP contribution in [-0.4, -0.2) is 41.5 Å². The molecule has 7 heteroatoms. The summed E-state index contributed by atoms with van der Waals surface area (Å²) in [6.45, 7) is 3.80. The van der Waals surface area contributed by atoms with Gasteiger partial charge in [-0.15, -0.1) is 11.3 Å². The molecule has 3 rings (SSSR count). The second kappa shape index (κ2) is 8.91. The van der Waals surface area contributed by atoms with Crippen LogP contribution in [0.4, 0.5) is 0 Å². The zero-order chi connectivity index (χ0) is 18.4. The number of carbonyl (C=O) groups excluding carboxylic acids is 2. The number of aromatic nitrogens is 1. The lowest BCUT2D eigenvalue weighted by molar-refractivity contribution is -0.144. The molecule has 138 valence electrons. The van der Waals surface area contributed by atoms with Crippen LogP contribution >= 0.6 is 11.3 Å². The molecule has 0 aromatic carbocycles. The normalized spacial score (nSPS) is 17.2. The lowest BCUT2D eigenvalue weighted by Crippen LogP contribution is -2.30. The average molecular weight is 373 g/mol. The first-order chi connectivity index (χ1) is 12.7. The van der Waals surface area contributed by atoms with Crippen molar-refractivity contribution < 1.29 is 14.3 Å². The lowest BCUT2D eigenvalue weighted by Gasteiger charge is -2.22. The fraction of sp³-hybridized carbons (Fsp3) is 0.421. The monoisotopic (exact) mass is 373 g/mol. The molecule has 2 aromatic heterocycles. The van der Waals surface area contributed by atoms with Gasteiger partial charge in [0.05, 0.1) is 30.3 Å². The number of hydrogen-bond acceptors (Lipinski definition) is 6. The van der Waals surface area contributed by atoms with Gasteiger partial charge in [-0.25, -0.2) is 0 Å². The fourth-order valence-electron chi connectivity index (χ4n) is 3.12. The SMILES string of the molecule is CCOC(=O)CN1CCCC1c1ccc(C(=O)NCc2ccccn2)s1. The van der Waals surface area contributed by atoms with E-state index in [9.17, 15) is 9.59 Å². The molecule has 1 amide bonds. The zero-order valence-corrected chi connectivity index (χ0v) is 15.6. The molecule has 0 bridgehead atoms. The Morgan fingerprint density at radius 3 is 3.00 bits per heavy atom. The van der Waals surface area contributed by atoms with Gasteiger partial charge in [-0.1, -0.05) is 6.07 Å². The van der Waals surface area contributed by atoms with Crippen molar-refractivity contribution in [3.05, 3.63) is 52.0 Å². The molecule has 1 aliphatic rings. The molecule has 0 aliphatic carbocycles. The van der Waals surface area contributed by atoms with Crippen molar-refractivity contribution in [3.8, 4) is 0 Å². The maximum Gasteiger partial charge on any atom is 0.320 e. The van der Waals surface area contributed by atoms with Gasteiger partial charge in [0.15, 0.2) is 0 Å². The Kier molecular flexibility index (Phi) is 6.35. The average Bonchev–Trinajstić information content (AvgIpc) is 3.30. The van der Waals surface area contributed by atoms with Crippen LogP contribution in [0.5, 0.6) is 0 Å². The van der Waals surface area contributed by atoms with Crippen LogP contribution in [0.2, 0.25) is 0 Å². The van der Waals surface area contributed by atoms with Crippen LogP contribution in [0, 0.1) is 0 Å². The van der Waals surface area contributed by atoms with Gasteiger partial charge in [0.1, 0.15) is 0 Å². The first kappa shape index (κ1) is 18.5. The van der Waals surface area contributed by atoms with E-state index in [1.54, 1.807) is 6.20 Å².